The molecule has 0 radical (unpaired) electrons. The van der Waals surface area contributed by atoms with E-state index in [1.807, 2.05) is 0 Å². The molecule has 1 aromatic rings. The molecule has 102 valence electrons. The van der Waals surface area contributed by atoms with Crippen LogP contribution >= 0.6 is 0 Å². The molecule has 2 unspecified atom stereocenters. The van der Waals surface area contributed by atoms with E-state index in [0.29, 0.717) is 5.56 Å². The number of hydrogen-bond donors (Lipinski definition) is 3. The van der Waals surface area contributed by atoms with Crippen molar-refractivity contribution in [2.45, 2.75) is 6.92 Å². The second kappa shape index (κ2) is 3.96. The molecule has 0 bridgehead atoms. The molecular weight excluding hydrogens is 260 g/mol. The number of aliphatic hydroxyl groups is 2. The number of aromatic hydroxyl groups is 1. The van der Waals surface area contributed by atoms with Gasteiger partial charge in [-0.1, -0.05) is 0 Å². The summed E-state index contributed by atoms with van der Waals surface area (Å²) in [5.74, 6) is -3.78. The molecule has 3 rings (SSSR count). The predicted octanol–water partition coefficient (Wildman–Crippen LogP) is 2.21. The van der Waals surface area contributed by atoms with E-state index in [1.54, 1.807) is 6.92 Å². The van der Waals surface area contributed by atoms with Crippen LogP contribution in [-0.2, 0) is 0 Å². The number of benzene rings is 1. The van der Waals surface area contributed by atoms with E-state index in [-0.39, 0.29) is 28.4 Å². The van der Waals surface area contributed by atoms with Crippen molar-refractivity contribution in [2.24, 2.45) is 11.8 Å². The first kappa shape index (κ1) is 12.5. The molecule has 5 heteroatoms. The maximum absolute atomic E-state index is 12.4. The number of ketones is 2. The highest BCUT2D eigenvalue weighted by Gasteiger charge is 2.45. The van der Waals surface area contributed by atoms with Gasteiger partial charge in [-0.25, -0.2) is 0 Å². The van der Waals surface area contributed by atoms with Crippen LogP contribution in [-0.4, -0.2) is 26.9 Å². The zero-order valence-corrected chi connectivity index (χ0v) is 10.6. The third kappa shape index (κ3) is 1.56. The fourth-order valence-electron chi connectivity index (χ4n) is 2.83. The summed E-state index contributed by atoms with van der Waals surface area (Å²) in [4.78, 5) is 24.9. The summed E-state index contributed by atoms with van der Waals surface area (Å²) >= 11 is 0. The molecule has 0 aliphatic heterocycles. The van der Waals surface area contributed by atoms with Gasteiger partial charge in [-0.3, -0.25) is 9.59 Å². The average Bonchev–Trinajstić information content (AvgIpc) is 2.34. The lowest BCUT2D eigenvalue weighted by molar-refractivity contribution is 0.0750. The van der Waals surface area contributed by atoms with Crippen molar-refractivity contribution in [2.75, 3.05) is 0 Å². The molecule has 0 saturated heterocycles. The van der Waals surface area contributed by atoms with Crippen molar-refractivity contribution in [1.82, 2.24) is 0 Å². The van der Waals surface area contributed by atoms with Crippen LogP contribution in [0.2, 0.25) is 0 Å². The van der Waals surface area contributed by atoms with E-state index in [1.165, 1.54) is 18.2 Å². The number of phenolic OH excluding ortho intramolecular Hbond substituents is 1. The topological polar surface area (TPSA) is 94.8 Å². The van der Waals surface area contributed by atoms with Crippen LogP contribution in [0.5, 0.6) is 5.75 Å². The Morgan fingerprint density at radius 2 is 1.75 bits per heavy atom. The lowest BCUT2D eigenvalue weighted by atomic mass is 9.70. The molecule has 0 saturated carbocycles. The Labute approximate surface area is 114 Å². The van der Waals surface area contributed by atoms with Crippen molar-refractivity contribution in [1.29, 1.82) is 0 Å². The lowest BCUT2D eigenvalue weighted by Gasteiger charge is -2.31. The smallest absolute Gasteiger partial charge is 0.178 e. The van der Waals surface area contributed by atoms with Crippen LogP contribution in [0.15, 0.2) is 35.8 Å². The molecule has 0 fully saturated rings. The van der Waals surface area contributed by atoms with Gasteiger partial charge in [0, 0.05) is 11.6 Å². The number of hydrogen-bond acceptors (Lipinski definition) is 5. The normalized spacial score (nSPS) is 24.6. The number of carbonyl (C=O) groups is 2. The summed E-state index contributed by atoms with van der Waals surface area (Å²) in [5.41, 5.74) is 0.730. The molecule has 2 aliphatic carbocycles. The van der Waals surface area contributed by atoms with Gasteiger partial charge in [0.2, 0.25) is 0 Å². The highest BCUT2D eigenvalue weighted by molar-refractivity contribution is 6.19. The van der Waals surface area contributed by atoms with Gasteiger partial charge >= 0.3 is 0 Å². The van der Waals surface area contributed by atoms with Gasteiger partial charge < -0.3 is 15.3 Å². The molecule has 0 heterocycles. The molecule has 0 amide bonds. The van der Waals surface area contributed by atoms with Gasteiger partial charge in [0.05, 0.1) is 17.4 Å². The number of aryl methyl sites for hydroxylation is 1. The zero-order valence-electron chi connectivity index (χ0n) is 10.6. The zero-order chi connectivity index (χ0) is 14.6. The minimum atomic E-state index is -1.07. The number of allylic oxidation sites excluding steroid dienone is 3. The Morgan fingerprint density at radius 3 is 2.45 bits per heavy atom. The van der Waals surface area contributed by atoms with Crippen LogP contribution in [0.4, 0.5) is 0 Å². The molecule has 0 aromatic heterocycles. The van der Waals surface area contributed by atoms with Gasteiger partial charge in [-0.05, 0) is 30.7 Å². The van der Waals surface area contributed by atoms with Gasteiger partial charge in [0.25, 0.3) is 0 Å². The lowest BCUT2D eigenvalue weighted by Crippen LogP contribution is -2.38. The van der Waals surface area contributed by atoms with Gasteiger partial charge in [-0.15, -0.1) is 0 Å². The molecule has 1 aromatic carbocycles. The predicted molar refractivity (Wildman–Crippen MR) is 69.9 cm³/mol. The third-order valence-electron chi connectivity index (χ3n) is 3.68. The first-order valence-corrected chi connectivity index (χ1v) is 6.13. The largest absolute Gasteiger partial charge is 0.511 e. The van der Waals surface area contributed by atoms with Crippen molar-refractivity contribution < 1.29 is 24.9 Å². The molecule has 2 aliphatic rings. The molecule has 20 heavy (non-hydrogen) atoms. The molecule has 0 spiro atoms. The quantitative estimate of drug-likeness (QED) is 0.673. The number of aliphatic hydroxyl groups excluding tert-OH is 2. The third-order valence-corrected chi connectivity index (χ3v) is 3.68. The fraction of sp³-hybridized carbons (Fsp3) is 0.200. The van der Waals surface area contributed by atoms with Crippen LogP contribution in [0.1, 0.15) is 26.3 Å². The minimum Gasteiger partial charge on any atom is -0.511 e. The maximum Gasteiger partial charge on any atom is 0.178 e. The standard InChI is InChI=1S/C15H12O5/c1-6-2-8-12(10(17)3-6)15(20)13-9(14(8)19)4-7(16)5-11(13)18/h2-5,9,13,16-18H,1H3. The van der Waals surface area contributed by atoms with E-state index in [9.17, 15) is 24.9 Å². The molecular formula is C15H12O5. The Hall–Kier alpha value is -2.56. The second-order valence-electron chi connectivity index (χ2n) is 5.10. The van der Waals surface area contributed by atoms with Gasteiger partial charge in [0.15, 0.2) is 11.6 Å². The van der Waals surface area contributed by atoms with E-state index in [4.69, 9.17) is 0 Å². The van der Waals surface area contributed by atoms with E-state index in [2.05, 4.69) is 0 Å². The van der Waals surface area contributed by atoms with Crippen LogP contribution in [0.25, 0.3) is 0 Å². The molecule has 2 atom stereocenters. The van der Waals surface area contributed by atoms with Crippen LogP contribution in [0.3, 0.4) is 0 Å². The summed E-state index contributed by atoms with van der Waals surface area (Å²) in [7, 11) is 0. The number of fused-ring (bicyclic) bond motifs is 2. The summed E-state index contributed by atoms with van der Waals surface area (Å²) < 4.78 is 0. The van der Waals surface area contributed by atoms with Crippen molar-refractivity contribution in [3.8, 4) is 5.75 Å². The van der Waals surface area contributed by atoms with Crippen molar-refractivity contribution in [3.63, 3.8) is 0 Å². The Morgan fingerprint density at radius 1 is 1.05 bits per heavy atom. The highest BCUT2D eigenvalue weighted by Crippen LogP contribution is 2.41. The highest BCUT2D eigenvalue weighted by atomic mass is 16.3. The van der Waals surface area contributed by atoms with Crippen LogP contribution < -0.4 is 0 Å². The molecule has 3 N–H and O–H groups in total. The first-order valence-electron chi connectivity index (χ1n) is 6.13. The summed E-state index contributed by atoms with van der Waals surface area (Å²) in [6, 6.07) is 2.94. The van der Waals surface area contributed by atoms with Crippen molar-refractivity contribution in [3.05, 3.63) is 52.5 Å². The molecule has 5 nitrogen and oxygen atoms in total. The van der Waals surface area contributed by atoms with Gasteiger partial charge in [-0.2, -0.15) is 0 Å². The Balaban J connectivity index is 2.27. The Bertz CT molecular complexity index is 711. The second-order valence-corrected chi connectivity index (χ2v) is 5.10. The van der Waals surface area contributed by atoms with E-state index < -0.39 is 23.4 Å². The van der Waals surface area contributed by atoms with Crippen LogP contribution in [0, 0.1) is 18.8 Å². The first-order chi connectivity index (χ1) is 9.40. The summed E-state index contributed by atoms with van der Waals surface area (Å²) in [6.45, 7) is 1.70. The number of phenols is 1. The number of carbonyl (C=O) groups excluding carboxylic acids is 2. The van der Waals surface area contributed by atoms with E-state index in [0.717, 1.165) is 6.08 Å². The summed E-state index contributed by atoms with van der Waals surface area (Å²) in [6.07, 6.45) is 2.30. The monoisotopic (exact) mass is 272 g/mol. The average molecular weight is 272 g/mol. The van der Waals surface area contributed by atoms with E-state index >= 15 is 0 Å². The number of Topliss-reactive ketones (excluding diaryl/α,β-unsaturated/α-hetero) is 2. The van der Waals surface area contributed by atoms with Gasteiger partial charge in [0.1, 0.15) is 17.3 Å². The number of rotatable bonds is 0. The SMILES string of the molecule is Cc1cc(O)c2c(c1)C(=O)C1C=C(O)C=C(O)C1C2=O. The maximum atomic E-state index is 12.4. The van der Waals surface area contributed by atoms with Crippen molar-refractivity contribution >= 4 is 11.6 Å². The fourth-order valence-corrected chi connectivity index (χ4v) is 2.83. The minimum absolute atomic E-state index is 0.0587. The Kier molecular flexibility index (Phi) is 2.47. The summed E-state index contributed by atoms with van der Waals surface area (Å²) in [5, 5.41) is 29.2.